The van der Waals surface area contributed by atoms with Crippen molar-refractivity contribution in [2.45, 2.75) is 17.7 Å². The van der Waals surface area contributed by atoms with Crippen molar-refractivity contribution >= 4 is 31.6 Å². The van der Waals surface area contributed by atoms with E-state index in [1.807, 2.05) is 0 Å². The van der Waals surface area contributed by atoms with Gasteiger partial charge in [0.15, 0.2) is 0 Å². The summed E-state index contributed by atoms with van der Waals surface area (Å²) in [6, 6.07) is 11.2. The molecule has 0 amide bonds. The van der Waals surface area contributed by atoms with Crippen LogP contribution in [0.25, 0.3) is 0 Å². The van der Waals surface area contributed by atoms with E-state index < -0.39 is 15.8 Å². The van der Waals surface area contributed by atoms with Crippen molar-refractivity contribution in [3.05, 3.63) is 58.3 Å². The lowest BCUT2D eigenvalue weighted by atomic mass is 10.0. The highest BCUT2D eigenvalue weighted by Crippen LogP contribution is 2.34. The Morgan fingerprint density at radius 3 is 2.67 bits per heavy atom. The molecule has 2 aromatic carbocycles. The fourth-order valence-electron chi connectivity index (χ4n) is 2.56. The van der Waals surface area contributed by atoms with Gasteiger partial charge < -0.3 is 0 Å². The second-order valence-electron chi connectivity index (χ2n) is 4.89. The van der Waals surface area contributed by atoms with Gasteiger partial charge in [-0.1, -0.05) is 34.1 Å². The van der Waals surface area contributed by atoms with E-state index in [1.165, 1.54) is 22.5 Å². The van der Waals surface area contributed by atoms with Crippen molar-refractivity contribution in [2.24, 2.45) is 0 Å². The number of hydrogen-bond donors (Lipinski definition) is 0. The predicted molar refractivity (Wildman–Crippen MR) is 83.4 cm³/mol. The third kappa shape index (κ3) is 2.58. The second kappa shape index (κ2) is 5.42. The van der Waals surface area contributed by atoms with Crippen LogP contribution in [-0.2, 0) is 16.4 Å². The number of rotatable bonds is 2. The topological polar surface area (TPSA) is 37.4 Å². The molecular weight excluding hydrogens is 357 g/mol. The van der Waals surface area contributed by atoms with Gasteiger partial charge >= 0.3 is 0 Å². The molecule has 2 aromatic rings. The van der Waals surface area contributed by atoms with Crippen LogP contribution in [0.2, 0.25) is 0 Å². The first-order chi connectivity index (χ1) is 10.00. The van der Waals surface area contributed by atoms with E-state index in [-0.39, 0.29) is 10.6 Å². The zero-order valence-corrected chi connectivity index (χ0v) is 13.5. The number of benzene rings is 2. The highest BCUT2D eigenvalue weighted by atomic mass is 79.9. The molecule has 3 rings (SSSR count). The molecule has 0 aliphatic carbocycles. The molecule has 6 heteroatoms. The first-order valence-corrected chi connectivity index (χ1v) is 8.79. The van der Waals surface area contributed by atoms with E-state index in [4.69, 9.17) is 0 Å². The fourth-order valence-corrected chi connectivity index (χ4v) is 4.71. The van der Waals surface area contributed by atoms with Crippen molar-refractivity contribution in [1.82, 2.24) is 0 Å². The van der Waals surface area contributed by atoms with Gasteiger partial charge in [-0.05, 0) is 42.7 Å². The summed E-state index contributed by atoms with van der Waals surface area (Å²) in [4.78, 5) is 0.160. The van der Waals surface area contributed by atoms with Crippen molar-refractivity contribution in [2.75, 3.05) is 10.8 Å². The number of fused-ring (bicyclic) bond motifs is 1. The van der Waals surface area contributed by atoms with Crippen molar-refractivity contribution in [1.29, 1.82) is 0 Å². The number of anilines is 1. The summed E-state index contributed by atoms with van der Waals surface area (Å²) in [5.41, 5.74) is 0.920. The van der Waals surface area contributed by atoms with Gasteiger partial charge in [-0.2, -0.15) is 0 Å². The summed E-state index contributed by atoms with van der Waals surface area (Å²) in [7, 11) is -3.76. The Balaban J connectivity index is 2.14. The molecule has 1 aliphatic heterocycles. The zero-order valence-electron chi connectivity index (χ0n) is 11.1. The maximum Gasteiger partial charge on any atom is 0.264 e. The minimum atomic E-state index is -3.76. The number of nitrogens with zero attached hydrogens (tertiary/aromatic N) is 1. The lowest BCUT2D eigenvalue weighted by Gasteiger charge is -2.30. The Morgan fingerprint density at radius 2 is 1.90 bits per heavy atom. The van der Waals surface area contributed by atoms with Crippen LogP contribution >= 0.6 is 15.9 Å². The van der Waals surface area contributed by atoms with Crippen molar-refractivity contribution < 1.29 is 12.8 Å². The summed E-state index contributed by atoms with van der Waals surface area (Å²) in [6.45, 7) is 0.294. The molecule has 0 bridgehead atoms. The molecule has 0 unspecified atom stereocenters. The summed E-state index contributed by atoms with van der Waals surface area (Å²) in [5, 5.41) is 0. The number of aryl methyl sites for hydroxylation is 1. The normalized spacial score (nSPS) is 14.9. The van der Waals surface area contributed by atoms with Gasteiger partial charge in [0.1, 0.15) is 5.82 Å². The van der Waals surface area contributed by atoms with Crippen LogP contribution in [0, 0.1) is 5.82 Å². The predicted octanol–water partition coefficient (Wildman–Crippen LogP) is 3.73. The number of halogens is 2. The van der Waals surface area contributed by atoms with Crippen LogP contribution in [-0.4, -0.2) is 15.0 Å². The Hall–Kier alpha value is -1.40. The second-order valence-corrected chi connectivity index (χ2v) is 7.66. The molecular formula is C15H13BrFNO2S. The molecule has 1 heterocycles. The summed E-state index contributed by atoms with van der Waals surface area (Å²) < 4.78 is 41.6. The molecule has 0 N–H and O–H groups in total. The van der Waals surface area contributed by atoms with Gasteiger partial charge in [-0.25, -0.2) is 12.8 Å². The average Bonchev–Trinajstić information content (AvgIpc) is 2.47. The van der Waals surface area contributed by atoms with Gasteiger partial charge in [0.2, 0.25) is 0 Å². The van der Waals surface area contributed by atoms with Gasteiger partial charge in [-0.15, -0.1) is 0 Å². The molecule has 0 spiro atoms. The van der Waals surface area contributed by atoms with Crippen LogP contribution in [0.5, 0.6) is 0 Å². The third-order valence-electron chi connectivity index (χ3n) is 3.51. The largest absolute Gasteiger partial charge is 0.264 e. The first kappa shape index (κ1) is 14.5. The maximum absolute atomic E-state index is 14.1. The molecule has 21 heavy (non-hydrogen) atoms. The number of sulfonamides is 1. The Bertz CT molecular complexity index is 792. The Labute approximate surface area is 131 Å². The molecule has 0 fully saturated rings. The monoisotopic (exact) mass is 369 g/mol. The number of hydrogen-bond acceptors (Lipinski definition) is 2. The minimum absolute atomic E-state index is 0.160. The van der Waals surface area contributed by atoms with E-state index in [2.05, 4.69) is 15.9 Å². The van der Waals surface area contributed by atoms with Crippen LogP contribution < -0.4 is 4.31 Å². The Kier molecular flexibility index (Phi) is 3.75. The molecule has 1 aliphatic rings. The van der Waals surface area contributed by atoms with Crippen molar-refractivity contribution in [3.8, 4) is 0 Å². The third-order valence-corrected chi connectivity index (χ3v) is 5.80. The van der Waals surface area contributed by atoms with E-state index >= 15 is 0 Å². The van der Waals surface area contributed by atoms with Crippen LogP contribution in [0.3, 0.4) is 0 Å². The van der Waals surface area contributed by atoms with E-state index in [1.54, 1.807) is 24.3 Å². The number of para-hydroxylation sites is 1. The van der Waals surface area contributed by atoms with E-state index in [0.717, 1.165) is 5.56 Å². The molecule has 3 nitrogen and oxygen atoms in total. The van der Waals surface area contributed by atoms with Gasteiger partial charge in [-0.3, -0.25) is 4.31 Å². The molecule has 0 saturated carbocycles. The smallest absolute Gasteiger partial charge is 0.263 e. The quantitative estimate of drug-likeness (QED) is 0.808. The maximum atomic E-state index is 14.1. The zero-order chi connectivity index (χ0) is 15.0. The lowest BCUT2D eigenvalue weighted by Crippen LogP contribution is -2.36. The molecule has 110 valence electrons. The lowest BCUT2D eigenvalue weighted by molar-refractivity contribution is 0.577. The molecule has 0 radical (unpaired) electrons. The Morgan fingerprint density at radius 1 is 1.14 bits per heavy atom. The van der Waals surface area contributed by atoms with Crippen molar-refractivity contribution in [3.63, 3.8) is 0 Å². The molecule has 0 aromatic heterocycles. The molecule has 0 atom stereocenters. The highest BCUT2D eigenvalue weighted by Gasteiger charge is 2.31. The van der Waals surface area contributed by atoms with E-state index in [0.29, 0.717) is 23.9 Å². The summed E-state index contributed by atoms with van der Waals surface area (Å²) in [6.07, 6.45) is 1.38. The van der Waals surface area contributed by atoms with Crippen LogP contribution in [0.15, 0.2) is 51.8 Å². The summed E-state index contributed by atoms with van der Waals surface area (Å²) >= 11 is 3.27. The summed E-state index contributed by atoms with van der Waals surface area (Å²) in [5.74, 6) is -0.495. The standard InChI is InChI=1S/C15H13BrFNO2S/c16-12-6-2-7-13(10-12)21(19,20)18-9-3-5-11-4-1-8-14(17)15(11)18/h1-2,4,6-8,10H,3,5,9H2. The van der Waals surface area contributed by atoms with Crippen LogP contribution in [0.4, 0.5) is 10.1 Å². The van der Waals surface area contributed by atoms with E-state index in [9.17, 15) is 12.8 Å². The fraction of sp³-hybridized carbons (Fsp3) is 0.200. The molecule has 0 saturated heterocycles. The van der Waals surface area contributed by atoms with Gasteiger partial charge in [0.05, 0.1) is 10.6 Å². The highest BCUT2D eigenvalue weighted by molar-refractivity contribution is 9.10. The SMILES string of the molecule is O=S(=O)(c1cccc(Br)c1)N1CCCc2cccc(F)c21. The first-order valence-electron chi connectivity index (χ1n) is 6.56. The van der Waals surface area contributed by atoms with Crippen LogP contribution in [0.1, 0.15) is 12.0 Å². The van der Waals surface area contributed by atoms with Gasteiger partial charge in [0.25, 0.3) is 10.0 Å². The minimum Gasteiger partial charge on any atom is -0.263 e. The average molecular weight is 370 g/mol. The van der Waals surface area contributed by atoms with Gasteiger partial charge in [0, 0.05) is 11.0 Å².